The van der Waals surface area contributed by atoms with E-state index in [4.69, 9.17) is 14.7 Å². The number of amides is 3. The summed E-state index contributed by atoms with van der Waals surface area (Å²) >= 11 is 0. The van der Waals surface area contributed by atoms with Crippen LogP contribution in [-0.2, 0) is 68.4 Å². The Hall–Kier alpha value is -9.06. The largest absolute Gasteiger partial charge is 0.480 e. The summed E-state index contributed by atoms with van der Waals surface area (Å²) in [4.78, 5) is 122. The fourth-order valence-electron chi connectivity index (χ4n) is 13.1. The van der Waals surface area contributed by atoms with Gasteiger partial charge in [-0.15, -0.1) is 0 Å². The number of aliphatic imine (C=N–C) groups is 2. The topological polar surface area (TPSA) is 324 Å². The molecule has 4 unspecified atom stereocenters. The van der Waals surface area contributed by atoms with Crippen molar-refractivity contribution in [2.24, 2.45) is 27.7 Å². The molecule has 8 bridgehead atoms. The number of aromatic amines is 1. The van der Waals surface area contributed by atoms with Gasteiger partial charge in [-0.1, -0.05) is 39.3 Å². The molecular formula is C67H77F6N9O14. The highest BCUT2D eigenvalue weighted by molar-refractivity contribution is 6.23. The summed E-state index contributed by atoms with van der Waals surface area (Å²) in [5.74, 6) is -12.0. The van der Waals surface area contributed by atoms with E-state index in [-0.39, 0.29) is 61.9 Å². The number of unbranched alkanes of at least 4 members (excludes halogenated alkanes) is 1. The van der Waals surface area contributed by atoms with Crippen molar-refractivity contribution < 1.29 is 95.0 Å². The van der Waals surface area contributed by atoms with Gasteiger partial charge in [-0.25, -0.2) is 4.99 Å². The lowest BCUT2D eigenvalue weighted by Crippen LogP contribution is -2.54. The summed E-state index contributed by atoms with van der Waals surface area (Å²) < 4.78 is 92.4. The van der Waals surface area contributed by atoms with E-state index >= 15 is 9.59 Å². The smallest absolute Gasteiger partial charge is 0.416 e. The van der Waals surface area contributed by atoms with Gasteiger partial charge in [0.05, 0.1) is 91.1 Å². The molecule has 0 spiro atoms. The van der Waals surface area contributed by atoms with Crippen LogP contribution in [-0.4, -0.2) is 180 Å². The number of anilines is 1. The first kappa shape index (κ1) is 72.8. The van der Waals surface area contributed by atoms with Gasteiger partial charge >= 0.3 is 42.2 Å². The lowest BCUT2D eigenvalue weighted by atomic mass is 9.79. The SMILES string of the molecule is CCCCOC(C)c1c(C)/c2[nH]/c1=C\C1=NC(=C\C3=C(C)C4C(=O)N(Cc5cc(C(F)(F)F)cc(C(F)(F)F)c5)C(=O)/C(=C5N=C(\C=2)[C@@H](C)[C@@H]/5CCC(=O)Nc2ccc(CC(CN(CCN(CC(=O)O)CC(=O)O)CC(=O)O)N(CC(=O)O)CC(=O)O)cc2)C4N3)/C(CC)=C1C. The van der Waals surface area contributed by atoms with Crippen molar-refractivity contribution in [1.29, 1.82) is 0 Å². The average molecular weight is 1350 g/mol. The number of rotatable bonds is 30. The number of nitrogens with one attached hydrogen (secondary N) is 3. The molecule has 96 heavy (non-hydrogen) atoms. The third-order valence-corrected chi connectivity index (χ3v) is 17.9. The van der Waals surface area contributed by atoms with Crippen LogP contribution in [0.4, 0.5) is 32.0 Å². The predicted molar refractivity (Wildman–Crippen MR) is 338 cm³/mol. The van der Waals surface area contributed by atoms with Crippen LogP contribution < -0.4 is 21.3 Å². The number of aromatic nitrogens is 1. The molecule has 2 aromatic carbocycles. The number of carbonyl (C=O) groups is 8. The molecule has 0 saturated carbocycles. The molecule has 8 rings (SSSR count). The third-order valence-electron chi connectivity index (χ3n) is 17.9. The molecule has 23 nitrogen and oxygen atoms in total. The van der Waals surface area contributed by atoms with Gasteiger partial charge in [0.15, 0.2) is 0 Å². The molecule has 5 aliphatic heterocycles. The number of aliphatic carboxylic acids is 5. The minimum atomic E-state index is -5.25. The molecule has 5 aliphatic rings. The Morgan fingerprint density at radius 1 is 0.760 bits per heavy atom. The van der Waals surface area contributed by atoms with Gasteiger partial charge < -0.3 is 45.9 Å². The van der Waals surface area contributed by atoms with E-state index < -0.39 is 152 Å². The number of imide groups is 1. The number of fused-ring (bicyclic) bond motifs is 5. The first-order valence-electron chi connectivity index (χ1n) is 31.3. The van der Waals surface area contributed by atoms with E-state index in [9.17, 15) is 80.6 Å². The van der Waals surface area contributed by atoms with E-state index in [1.165, 1.54) is 17.0 Å². The number of carboxylic acids is 5. The van der Waals surface area contributed by atoms with Gasteiger partial charge in [0.25, 0.3) is 5.91 Å². The highest BCUT2D eigenvalue weighted by Crippen LogP contribution is 2.46. The first-order valence-corrected chi connectivity index (χ1v) is 31.3. The van der Waals surface area contributed by atoms with Gasteiger partial charge in [0.1, 0.15) is 0 Å². The fraction of sp³-hybridized carbons (Fsp3) is 0.463. The van der Waals surface area contributed by atoms with Gasteiger partial charge in [-0.3, -0.25) is 62.9 Å². The molecule has 6 atom stereocenters. The van der Waals surface area contributed by atoms with Crippen molar-refractivity contribution in [3.8, 4) is 0 Å². The van der Waals surface area contributed by atoms with Crippen LogP contribution in [0.25, 0.3) is 12.2 Å². The number of hydrogen-bond donors (Lipinski definition) is 8. The van der Waals surface area contributed by atoms with Crippen molar-refractivity contribution in [3.05, 3.63) is 132 Å². The van der Waals surface area contributed by atoms with Gasteiger partial charge in [0, 0.05) is 83.9 Å². The summed E-state index contributed by atoms with van der Waals surface area (Å²) in [6.07, 6.45) is -3.52. The third kappa shape index (κ3) is 17.3. The number of ether oxygens (including phenoxy) is 1. The highest BCUT2D eigenvalue weighted by atomic mass is 19.4. The maximum Gasteiger partial charge on any atom is 0.416 e. The quantitative estimate of drug-likeness (QED) is 0.0190. The van der Waals surface area contributed by atoms with E-state index in [1.54, 1.807) is 25.1 Å². The van der Waals surface area contributed by atoms with Crippen LogP contribution in [0.3, 0.4) is 0 Å². The van der Waals surface area contributed by atoms with Gasteiger partial charge in [0.2, 0.25) is 11.8 Å². The number of hydrogen-bond acceptors (Lipinski definition) is 15. The molecular weight excluding hydrogens is 1270 g/mol. The van der Waals surface area contributed by atoms with Crippen molar-refractivity contribution >= 4 is 76.8 Å². The summed E-state index contributed by atoms with van der Waals surface area (Å²) in [6.45, 7) is 8.37. The maximum atomic E-state index is 15.6. The lowest BCUT2D eigenvalue weighted by Gasteiger charge is -2.37. The number of piperidine rings is 1. The van der Waals surface area contributed by atoms with Crippen LogP contribution in [0.15, 0.2) is 97.9 Å². The van der Waals surface area contributed by atoms with E-state index in [0.717, 1.165) is 44.9 Å². The van der Waals surface area contributed by atoms with Crippen molar-refractivity contribution in [2.45, 2.75) is 124 Å². The normalized spacial score (nSPS) is 21.3. The van der Waals surface area contributed by atoms with E-state index in [1.807, 2.05) is 46.8 Å². The van der Waals surface area contributed by atoms with Gasteiger partial charge in [-0.2, -0.15) is 26.3 Å². The number of likely N-dealkylation sites (tertiary alicyclic amines) is 1. The standard InChI is InChI=1S/C67H77F6N9O14/c1-8-10-19-96-38(7)59-36(5)49-24-48-35(4)46(15-16-53(83)74-43-13-11-39(12-14-43)22-44(81(32-57(90)91)33-58(92)93)28-79(29-54(84)85)17-18-80(30-55(86)87)31-56(88)89)62(77-48)61-63-60(37(6)50(78-63)25-51-45(9-2)34(3)47(75-51)26-52(59)76-49)64(94)82(65(61)95)27-40-20-41(66(68,69)70)23-42(21-40)67(71,72)73/h11-14,20-21,23-26,35,38,44,46,60,63,76,78H,8-10,15-19,22,27-33H2,1-7H3,(H,74,83)(H,84,85)(H,86,87)(H,88,89)(H,90,91)(H,92,93)/b49-24-,51-25-,52-26-,62-61+/t35-,38?,44?,46-,60?,63?/m0/s1. The molecule has 3 aromatic rings. The zero-order valence-electron chi connectivity index (χ0n) is 53.9. The van der Waals surface area contributed by atoms with Crippen LogP contribution in [0.1, 0.15) is 113 Å². The van der Waals surface area contributed by atoms with Crippen molar-refractivity contribution in [3.63, 3.8) is 0 Å². The van der Waals surface area contributed by atoms with Crippen molar-refractivity contribution in [2.75, 3.05) is 64.3 Å². The second kappa shape index (κ2) is 30.3. The summed E-state index contributed by atoms with van der Waals surface area (Å²) in [6, 6.07) is 4.85. The Labute approximate surface area is 547 Å². The molecule has 29 heteroatoms. The summed E-state index contributed by atoms with van der Waals surface area (Å²) in [5.41, 5.74) is 2.61. The number of alkyl halides is 6. The Balaban J connectivity index is 1.18. The molecule has 3 amide bonds. The molecule has 1 fully saturated rings. The Bertz CT molecular complexity index is 3860. The van der Waals surface area contributed by atoms with Crippen LogP contribution in [0.5, 0.6) is 0 Å². The zero-order valence-corrected chi connectivity index (χ0v) is 53.9. The molecule has 8 N–H and O–H groups in total. The fourth-order valence-corrected chi connectivity index (χ4v) is 13.1. The number of carboxylic acid groups (broad SMARTS) is 5. The van der Waals surface area contributed by atoms with Crippen LogP contribution in [0, 0.1) is 24.7 Å². The van der Waals surface area contributed by atoms with Crippen LogP contribution >= 0.6 is 0 Å². The van der Waals surface area contributed by atoms with Crippen LogP contribution in [0.2, 0.25) is 0 Å². The first-order chi connectivity index (χ1) is 45.1. The number of carbonyl (C=O) groups excluding carboxylic acids is 3. The monoisotopic (exact) mass is 1350 g/mol. The zero-order chi connectivity index (χ0) is 70.4. The number of halogens is 6. The second-order valence-electron chi connectivity index (χ2n) is 24.7. The van der Waals surface area contributed by atoms with E-state index in [0.29, 0.717) is 74.7 Å². The molecule has 0 aliphatic carbocycles. The molecule has 1 aromatic heterocycles. The molecule has 1 saturated heterocycles. The number of H-pyrrole nitrogens is 1. The average Bonchev–Trinajstić information content (AvgIpc) is 1.53. The van der Waals surface area contributed by atoms with Gasteiger partial charge in [-0.05, 0) is 135 Å². The minimum absolute atomic E-state index is 0.0193. The number of nitrogens with zero attached hydrogens (tertiary/aromatic N) is 6. The van der Waals surface area contributed by atoms with Crippen molar-refractivity contribution in [1.82, 2.24) is 29.9 Å². The minimum Gasteiger partial charge on any atom is -0.480 e. The number of benzene rings is 2. The Morgan fingerprint density at radius 3 is 1.93 bits per heavy atom. The molecule has 0 radical (unpaired) electrons. The lowest BCUT2D eigenvalue weighted by molar-refractivity contribution is -0.149. The second-order valence-corrected chi connectivity index (χ2v) is 24.7. The molecule has 516 valence electrons. The van der Waals surface area contributed by atoms with E-state index in [2.05, 4.69) is 22.5 Å². The highest BCUT2D eigenvalue weighted by Gasteiger charge is 2.53. The number of allylic oxidation sites excluding steroid dienone is 4. The Morgan fingerprint density at radius 2 is 1.35 bits per heavy atom. The maximum absolute atomic E-state index is 15.6. The Kier molecular flexibility index (Phi) is 23.0. The summed E-state index contributed by atoms with van der Waals surface area (Å²) in [7, 11) is 0. The molecule has 6 heterocycles. The summed E-state index contributed by atoms with van der Waals surface area (Å²) in [5, 5.41) is 55.8. The predicted octanol–water partition coefficient (Wildman–Crippen LogP) is 6.93.